The molecular formula is C18H22N4O2S. The molecule has 2 aromatic rings. The molecule has 0 fully saturated rings. The summed E-state index contributed by atoms with van der Waals surface area (Å²) in [7, 11) is 3.75. The van der Waals surface area contributed by atoms with Crippen molar-refractivity contribution in [3.8, 4) is 0 Å². The van der Waals surface area contributed by atoms with Gasteiger partial charge in [0, 0.05) is 10.6 Å². The first-order chi connectivity index (χ1) is 12.1. The van der Waals surface area contributed by atoms with E-state index in [4.69, 9.17) is 0 Å². The third-order valence-electron chi connectivity index (χ3n) is 2.82. The number of carbonyl (C=O) groups is 2. The number of hydrogen-bond acceptors (Lipinski definition) is 5. The van der Waals surface area contributed by atoms with Crippen molar-refractivity contribution in [2.45, 2.75) is 11.3 Å². The summed E-state index contributed by atoms with van der Waals surface area (Å²) < 4.78 is 0. The van der Waals surface area contributed by atoms with Gasteiger partial charge in [-0.1, -0.05) is 24.3 Å². The molecule has 2 aromatic carbocycles. The highest BCUT2D eigenvalue weighted by Crippen LogP contribution is 2.20. The molecule has 0 unspecified atom stereocenters. The lowest BCUT2D eigenvalue weighted by Gasteiger charge is -2.07. The fourth-order valence-electron chi connectivity index (χ4n) is 1.89. The molecule has 0 aliphatic carbocycles. The number of carbonyl (C=O) groups excluding carboxylic acids is 2. The smallest absolute Gasteiger partial charge is 0.228 e. The number of hydrogen-bond donors (Lipinski definition) is 4. The van der Waals surface area contributed by atoms with Crippen molar-refractivity contribution in [1.29, 1.82) is 0 Å². The van der Waals surface area contributed by atoms with Crippen molar-refractivity contribution in [2.75, 3.05) is 19.4 Å². The van der Waals surface area contributed by atoms with Crippen molar-refractivity contribution in [3.63, 3.8) is 0 Å². The van der Waals surface area contributed by atoms with E-state index in [1.807, 2.05) is 44.4 Å². The van der Waals surface area contributed by atoms with Gasteiger partial charge < -0.3 is 16.0 Å². The summed E-state index contributed by atoms with van der Waals surface area (Å²) in [5.74, 6) is -0.148. The van der Waals surface area contributed by atoms with Gasteiger partial charge in [0.05, 0.1) is 18.4 Å². The molecule has 0 aromatic heterocycles. The minimum Gasteiger partial charge on any atom is -0.326 e. The fourth-order valence-corrected chi connectivity index (χ4v) is 2.11. The average Bonchev–Trinajstić information content (AvgIpc) is 2.57. The van der Waals surface area contributed by atoms with Gasteiger partial charge >= 0.3 is 0 Å². The highest BCUT2D eigenvalue weighted by atomic mass is 32.1. The molecule has 0 radical (unpaired) electrons. The zero-order chi connectivity index (χ0) is 18.5. The van der Waals surface area contributed by atoms with Crippen LogP contribution < -0.4 is 16.0 Å². The first-order valence-corrected chi connectivity index (χ1v) is 8.03. The van der Waals surface area contributed by atoms with Crippen LogP contribution in [-0.4, -0.2) is 32.8 Å². The Morgan fingerprint density at radius 2 is 1.88 bits per heavy atom. The van der Waals surface area contributed by atoms with Gasteiger partial charge in [-0.15, -0.1) is 12.6 Å². The van der Waals surface area contributed by atoms with E-state index < -0.39 is 0 Å². The Balaban J connectivity index is 0.000000970. The molecule has 7 heteroatoms. The lowest BCUT2D eigenvalue weighted by Crippen LogP contribution is -2.14. The molecule has 2 rings (SSSR count). The number of aliphatic imine (C=N–C) groups is 1. The van der Waals surface area contributed by atoms with Crippen molar-refractivity contribution in [2.24, 2.45) is 4.99 Å². The van der Waals surface area contributed by atoms with Gasteiger partial charge in [-0.05, 0) is 43.9 Å². The SMILES string of the molecule is CNC.O=CNC=Nc1ccccc1CC(=O)Nc1cccc(S)c1. The molecular weight excluding hydrogens is 336 g/mol. The number of amides is 2. The largest absolute Gasteiger partial charge is 0.326 e. The highest BCUT2D eigenvalue weighted by molar-refractivity contribution is 7.80. The molecule has 0 spiro atoms. The van der Waals surface area contributed by atoms with Crippen LogP contribution in [0.15, 0.2) is 58.4 Å². The monoisotopic (exact) mass is 358 g/mol. The predicted molar refractivity (Wildman–Crippen MR) is 105 cm³/mol. The van der Waals surface area contributed by atoms with Gasteiger partial charge in [-0.3, -0.25) is 9.59 Å². The maximum atomic E-state index is 12.1. The van der Waals surface area contributed by atoms with Crippen molar-refractivity contribution in [3.05, 3.63) is 54.1 Å². The second-order valence-corrected chi connectivity index (χ2v) is 5.46. The third kappa shape index (κ3) is 8.14. The van der Waals surface area contributed by atoms with Crippen molar-refractivity contribution >= 4 is 42.7 Å². The van der Waals surface area contributed by atoms with Crippen LogP contribution in [0.4, 0.5) is 11.4 Å². The van der Waals surface area contributed by atoms with Gasteiger partial charge in [-0.2, -0.15) is 0 Å². The summed E-state index contributed by atoms with van der Waals surface area (Å²) in [6.07, 6.45) is 2.00. The van der Waals surface area contributed by atoms with Gasteiger partial charge in [-0.25, -0.2) is 4.99 Å². The Hall–Kier alpha value is -2.64. The van der Waals surface area contributed by atoms with E-state index in [-0.39, 0.29) is 12.3 Å². The Morgan fingerprint density at radius 1 is 1.16 bits per heavy atom. The predicted octanol–water partition coefficient (Wildman–Crippen LogP) is 2.40. The number of rotatable bonds is 6. The summed E-state index contributed by atoms with van der Waals surface area (Å²) in [5, 5.41) is 7.91. The summed E-state index contributed by atoms with van der Waals surface area (Å²) in [4.78, 5) is 27.2. The molecule has 0 heterocycles. The zero-order valence-electron chi connectivity index (χ0n) is 14.2. The number of nitrogens with zero attached hydrogens (tertiary/aromatic N) is 1. The molecule has 0 aliphatic rings. The van der Waals surface area contributed by atoms with E-state index in [2.05, 4.69) is 33.6 Å². The zero-order valence-corrected chi connectivity index (χ0v) is 15.1. The van der Waals surface area contributed by atoms with E-state index in [1.54, 1.807) is 18.2 Å². The Bertz CT molecular complexity index is 720. The molecule has 0 saturated heterocycles. The van der Waals surface area contributed by atoms with E-state index >= 15 is 0 Å². The Kier molecular flexibility index (Phi) is 9.65. The highest BCUT2D eigenvalue weighted by Gasteiger charge is 2.07. The maximum absolute atomic E-state index is 12.1. The minimum atomic E-state index is -0.148. The molecule has 0 atom stereocenters. The quantitative estimate of drug-likeness (QED) is 0.277. The first-order valence-electron chi connectivity index (χ1n) is 7.58. The number of para-hydroxylation sites is 1. The Morgan fingerprint density at radius 3 is 2.56 bits per heavy atom. The molecule has 0 aliphatic heterocycles. The van der Waals surface area contributed by atoms with Crippen molar-refractivity contribution in [1.82, 2.24) is 10.6 Å². The summed E-state index contributed by atoms with van der Waals surface area (Å²) in [6, 6.07) is 14.5. The van der Waals surface area contributed by atoms with E-state index in [1.165, 1.54) is 6.34 Å². The number of benzene rings is 2. The van der Waals surface area contributed by atoms with Crippen molar-refractivity contribution < 1.29 is 9.59 Å². The van der Waals surface area contributed by atoms with Crippen LogP contribution in [0.2, 0.25) is 0 Å². The molecule has 3 N–H and O–H groups in total. The topological polar surface area (TPSA) is 82.6 Å². The average molecular weight is 358 g/mol. The third-order valence-corrected chi connectivity index (χ3v) is 3.10. The summed E-state index contributed by atoms with van der Waals surface area (Å²) >= 11 is 4.23. The van der Waals surface area contributed by atoms with Gasteiger partial charge in [0.25, 0.3) is 0 Å². The summed E-state index contributed by atoms with van der Waals surface area (Å²) in [5.41, 5.74) is 2.10. The van der Waals surface area contributed by atoms with Crippen LogP contribution in [0.25, 0.3) is 0 Å². The lowest BCUT2D eigenvalue weighted by atomic mass is 10.1. The van der Waals surface area contributed by atoms with Crippen LogP contribution in [0.1, 0.15) is 5.56 Å². The Labute approximate surface area is 153 Å². The second-order valence-electron chi connectivity index (χ2n) is 4.95. The van der Waals surface area contributed by atoms with E-state index in [0.717, 1.165) is 10.5 Å². The number of anilines is 1. The molecule has 0 saturated carbocycles. The first kappa shape index (κ1) is 20.4. The van der Waals surface area contributed by atoms with E-state index in [9.17, 15) is 9.59 Å². The maximum Gasteiger partial charge on any atom is 0.228 e. The van der Waals surface area contributed by atoms with Crippen LogP contribution in [0, 0.1) is 0 Å². The van der Waals surface area contributed by atoms with Crippen LogP contribution in [-0.2, 0) is 16.0 Å². The van der Waals surface area contributed by atoms with Gasteiger partial charge in [0.15, 0.2) is 0 Å². The fraction of sp³-hybridized carbons (Fsp3) is 0.167. The molecule has 6 nitrogen and oxygen atoms in total. The molecule has 0 bridgehead atoms. The van der Waals surface area contributed by atoms with Crippen LogP contribution in [0.5, 0.6) is 0 Å². The van der Waals surface area contributed by atoms with Crippen LogP contribution in [0.3, 0.4) is 0 Å². The number of thiol groups is 1. The summed E-state index contributed by atoms with van der Waals surface area (Å²) in [6.45, 7) is 0. The minimum absolute atomic E-state index is 0.148. The van der Waals surface area contributed by atoms with E-state index in [0.29, 0.717) is 17.8 Å². The molecule has 25 heavy (non-hydrogen) atoms. The standard InChI is InChI=1S/C16H15N3O2S.C2H7N/c20-11-17-10-18-15-7-2-1-4-12(15)8-16(21)19-13-5-3-6-14(22)9-13;1-3-2/h1-7,9-11,22H,8H2,(H,19,21)(H,17,18,20);3H,1-2H3. The number of nitrogens with one attached hydrogen (secondary N) is 3. The van der Waals surface area contributed by atoms with Gasteiger partial charge in [0.2, 0.25) is 12.3 Å². The van der Waals surface area contributed by atoms with Crippen LogP contribution >= 0.6 is 12.6 Å². The molecule has 2 amide bonds. The molecule has 132 valence electrons. The van der Waals surface area contributed by atoms with Gasteiger partial charge in [0.1, 0.15) is 0 Å². The lowest BCUT2D eigenvalue weighted by molar-refractivity contribution is -0.115. The second kappa shape index (κ2) is 11.8. The normalized spacial score (nSPS) is 9.88.